The van der Waals surface area contributed by atoms with Gasteiger partial charge in [0.2, 0.25) is 0 Å². The van der Waals surface area contributed by atoms with Gasteiger partial charge < -0.3 is 14.8 Å². The second-order valence-corrected chi connectivity index (χ2v) is 3.82. The summed E-state index contributed by atoms with van der Waals surface area (Å²) in [5, 5.41) is 3.20. The SMILES string of the molecule is COCCNCCCCCCOCC(F)(F)F. The van der Waals surface area contributed by atoms with Crippen molar-refractivity contribution in [2.24, 2.45) is 0 Å². The Morgan fingerprint density at radius 3 is 2.29 bits per heavy atom. The van der Waals surface area contributed by atoms with Crippen LogP contribution in [0.25, 0.3) is 0 Å². The normalized spacial score (nSPS) is 12.0. The summed E-state index contributed by atoms with van der Waals surface area (Å²) < 4.78 is 44.4. The molecular weight excluding hydrogens is 235 g/mol. The van der Waals surface area contributed by atoms with Crippen LogP contribution in [-0.2, 0) is 9.47 Å². The van der Waals surface area contributed by atoms with Crippen LogP contribution in [-0.4, -0.2) is 46.2 Å². The highest BCUT2D eigenvalue weighted by molar-refractivity contribution is 4.50. The fourth-order valence-corrected chi connectivity index (χ4v) is 1.29. The Kier molecular flexibility index (Phi) is 10.6. The fraction of sp³-hybridized carbons (Fsp3) is 1.00. The lowest BCUT2D eigenvalue weighted by molar-refractivity contribution is -0.174. The standard InChI is InChI=1S/C11H22F3NO2/c1-16-9-7-15-6-4-2-3-5-8-17-10-11(12,13)14/h15H,2-10H2,1H3. The van der Waals surface area contributed by atoms with Gasteiger partial charge in [-0.25, -0.2) is 0 Å². The molecule has 0 aromatic heterocycles. The summed E-state index contributed by atoms with van der Waals surface area (Å²) in [5.41, 5.74) is 0. The molecule has 0 bridgehead atoms. The predicted molar refractivity (Wildman–Crippen MR) is 60.1 cm³/mol. The van der Waals surface area contributed by atoms with Gasteiger partial charge in [0.25, 0.3) is 0 Å². The van der Waals surface area contributed by atoms with E-state index in [2.05, 4.69) is 10.1 Å². The van der Waals surface area contributed by atoms with Crippen molar-refractivity contribution in [3.8, 4) is 0 Å². The van der Waals surface area contributed by atoms with Gasteiger partial charge in [-0.3, -0.25) is 0 Å². The number of hydrogen-bond acceptors (Lipinski definition) is 3. The van der Waals surface area contributed by atoms with Crippen molar-refractivity contribution in [1.29, 1.82) is 0 Å². The van der Waals surface area contributed by atoms with Crippen LogP contribution in [0.1, 0.15) is 25.7 Å². The summed E-state index contributed by atoms with van der Waals surface area (Å²) in [6, 6.07) is 0. The van der Waals surface area contributed by atoms with Crippen LogP contribution >= 0.6 is 0 Å². The van der Waals surface area contributed by atoms with E-state index in [1.54, 1.807) is 7.11 Å². The molecule has 0 aromatic rings. The fourth-order valence-electron chi connectivity index (χ4n) is 1.29. The van der Waals surface area contributed by atoms with Gasteiger partial charge in [0, 0.05) is 20.3 Å². The molecule has 104 valence electrons. The highest BCUT2D eigenvalue weighted by atomic mass is 19.4. The van der Waals surface area contributed by atoms with Gasteiger partial charge >= 0.3 is 6.18 Å². The van der Waals surface area contributed by atoms with E-state index in [9.17, 15) is 13.2 Å². The highest BCUT2D eigenvalue weighted by Gasteiger charge is 2.26. The van der Waals surface area contributed by atoms with E-state index in [0.29, 0.717) is 13.0 Å². The van der Waals surface area contributed by atoms with Crippen molar-refractivity contribution < 1.29 is 22.6 Å². The summed E-state index contributed by atoms with van der Waals surface area (Å²) in [7, 11) is 1.66. The summed E-state index contributed by atoms with van der Waals surface area (Å²) in [6.45, 7) is 1.52. The molecular formula is C11H22F3NO2. The van der Waals surface area contributed by atoms with Gasteiger partial charge in [-0.1, -0.05) is 12.8 Å². The molecule has 0 radical (unpaired) electrons. The maximum absolute atomic E-state index is 11.7. The van der Waals surface area contributed by atoms with Crippen molar-refractivity contribution in [2.75, 3.05) is 40.0 Å². The average molecular weight is 257 g/mol. The first kappa shape index (κ1) is 16.7. The highest BCUT2D eigenvalue weighted by Crippen LogP contribution is 2.14. The number of alkyl halides is 3. The van der Waals surface area contributed by atoms with Gasteiger partial charge in [0.1, 0.15) is 6.61 Å². The first-order valence-corrected chi connectivity index (χ1v) is 5.90. The Bertz CT molecular complexity index is 165. The van der Waals surface area contributed by atoms with Crippen molar-refractivity contribution in [3.63, 3.8) is 0 Å². The molecule has 0 aliphatic rings. The molecule has 0 amide bonds. The second kappa shape index (κ2) is 10.8. The molecule has 1 N–H and O–H groups in total. The summed E-state index contributed by atoms with van der Waals surface area (Å²) >= 11 is 0. The molecule has 0 aliphatic heterocycles. The Morgan fingerprint density at radius 1 is 0.941 bits per heavy atom. The minimum atomic E-state index is -4.20. The molecule has 0 aromatic carbocycles. The maximum atomic E-state index is 11.7. The van der Waals surface area contributed by atoms with Crippen LogP contribution < -0.4 is 5.32 Å². The van der Waals surface area contributed by atoms with Crippen LogP contribution in [0.3, 0.4) is 0 Å². The monoisotopic (exact) mass is 257 g/mol. The molecule has 0 aliphatic carbocycles. The molecule has 0 unspecified atom stereocenters. The molecule has 0 saturated heterocycles. The van der Waals surface area contributed by atoms with E-state index in [1.165, 1.54) is 0 Å². The molecule has 0 spiro atoms. The lowest BCUT2D eigenvalue weighted by atomic mass is 10.2. The number of halogens is 3. The molecule has 0 atom stereocenters. The molecule has 17 heavy (non-hydrogen) atoms. The van der Waals surface area contributed by atoms with Gasteiger partial charge in [-0.2, -0.15) is 13.2 Å². The number of nitrogens with one attached hydrogen (secondary N) is 1. The van der Waals surface area contributed by atoms with Gasteiger partial charge in [0.15, 0.2) is 0 Å². The zero-order valence-electron chi connectivity index (χ0n) is 10.3. The predicted octanol–water partition coefficient (Wildman–Crippen LogP) is 2.36. The van der Waals surface area contributed by atoms with E-state index in [-0.39, 0.29) is 6.61 Å². The minimum absolute atomic E-state index is 0.191. The Morgan fingerprint density at radius 2 is 1.65 bits per heavy atom. The van der Waals surface area contributed by atoms with Crippen LogP contribution in [0.5, 0.6) is 0 Å². The van der Waals surface area contributed by atoms with Crippen molar-refractivity contribution in [3.05, 3.63) is 0 Å². The number of unbranched alkanes of at least 4 members (excludes halogenated alkanes) is 3. The number of rotatable bonds is 11. The van der Waals surface area contributed by atoms with Crippen molar-refractivity contribution >= 4 is 0 Å². The van der Waals surface area contributed by atoms with Gasteiger partial charge in [-0.05, 0) is 19.4 Å². The third-order valence-corrected chi connectivity index (χ3v) is 2.14. The first-order valence-electron chi connectivity index (χ1n) is 5.90. The van der Waals surface area contributed by atoms with Gasteiger partial charge in [0.05, 0.1) is 6.61 Å². The zero-order chi connectivity index (χ0) is 13.0. The summed E-state index contributed by atoms with van der Waals surface area (Å²) in [4.78, 5) is 0. The molecule has 0 saturated carbocycles. The minimum Gasteiger partial charge on any atom is -0.383 e. The molecule has 0 heterocycles. The smallest absolute Gasteiger partial charge is 0.383 e. The van der Waals surface area contributed by atoms with Crippen LogP contribution in [0.2, 0.25) is 0 Å². The molecule has 0 rings (SSSR count). The molecule has 0 fully saturated rings. The lowest BCUT2D eigenvalue weighted by Crippen LogP contribution is -2.20. The van der Waals surface area contributed by atoms with Crippen molar-refractivity contribution in [2.45, 2.75) is 31.9 Å². The van der Waals surface area contributed by atoms with Crippen molar-refractivity contribution in [1.82, 2.24) is 5.32 Å². The number of ether oxygens (including phenoxy) is 2. The number of hydrogen-bond donors (Lipinski definition) is 1. The lowest BCUT2D eigenvalue weighted by Gasteiger charge is -2.07. The van der Waals surface area contributed by atoms with Crippen LogP contribution in [0.4, 0.5) is 13.2 Å². The first-order chi connectivity index (χ1) is 8.06. The quantitative estimate of drug-likeness (QED) is 0.576. The van der Waals surface area contributed by atoms with E-state index in [1.807, 2.05) is 0 Å². The maximum Gasteiger partial charge on any atom is 0.411 e. The third-order valence-electron chi connectivity index (χ3n) is 2.14. The Balaban J connectivity index is 2.99. The Labute approximate surface area is 101 Å². The molecule has 3 nitrogen and oxygen atoms in total. The second-order valence-electron chi connectivity index (χ2n) is 3.82. The average Bonchev–Trinajstić information content (AvgIpc) is 2.24. The number of methoxy groups -OCH3 is 1. The van der Waals surface area contributed by atoms with E-state index in [0.717, 1.165) is 32.4 Å². The summed E-state index contributed by atoms with van der Waals surface area (Å²) in [6.07, 6.45) is -0.568. The van der Waals surface area contributed by atoms with E-state index in [4.69, 9.17) is 4.74 Å². The van der Waals surface area contributed by atoms with Crippen LogP contribution in [0.15, 0.2) is 0 Å². The Hall–Kier alpha value is -0.330. The van der Waals surface area contributed by atoms with E-state index < -0.39 is 12.8 Å². The summed E-state index contributed by atoms with van der Waals surface area (Å²) in [5.74, 6) is 0. The topological polar surface area (TPSA) is 30.5 Å². The third kappa shape index (κ3) is 15.7. The molecule has 6 heteroatoms. The van der Waals surface area contributed by atoms with Gasteiger partial charge in [-0.15, -0.1) is 0 Å². The largest absolute Gasteiger partial charge is 0.411 e. The zero-order valence-corrected chi connectivity index (χ0v) is 10.3. The van der Waals surface area contributed by atoms with Crippen LogP contribution in [0, 0.1) is 0 Å². The van der Waals surface area contributed by atoms with E-state index >= 15 is 0 Å².